The average Bonchev–Trinajstić information content (AvgIpc) is 2.84. The Morgan fingerprint density at radius 3 is 3.00 bits per heavy atom. The number of nitrogens with zero attached hydrogens (tertiary/aromatic N) is 3. The molecule has 0 amide bonds. The lowest BCUT2D eigenvalue weighted by Crippen LogP contribution is -2.23. The Kier molecular flexibility index (Phi) is 4.42. The zero-order valence-corrected chi connectivity index (χ0v) is 13.1. The molecule has 1 aromatic heterocycles. The molecule has 1 aliphatic rings. The van der Waals surface area contributed by atoms with Crippen LogP contribution in [0.3, 0.4) is 0 Å². The Morgan fingerprint density at radius 2 is 2.27 bits per heavy atom. The highest BCUT2D eigenvalue weighted by Crippen LogP contribution is 2.15. The van der Waals surface area contributed by atoms with Gasteiger partial charge in [0.1, 0.15) is 17.8 Å². The van der Waals surface area contributed by atoms with Crippen LogP contribution in [0, 0.1) is 13.8 Å². The van der Waals surface area contributed by atoms with E-state index in [1.807, 2.05) is 24.8 Å². The summed E-state index contributed by atoms with van der Waals surface area (Å²) >= 11 is 0. The maximum Gasteiger partial charge on any atom is 0.147 e. The van der Waals surface area contributed by atoms with E-state index in [0.717, 1.165) is 43.3 Å². The van der Waals surface area contributed by atoms with E-state index < -0.39 is 0 Å². The Balaban J connectivity index is 1.62. The number of allylic oxidation sites excluding steroid dienone is 1. The van der Waals surface area contributed by atoms with Crippen molar-refractivity contribution in [3.63, 3.8) is 0 Å². The molecule has 22 heavy (non-hydrogen) atoms. The van der Waals surface area contributed by atoms with Crippen LogP contribution in [0.4, 0.5) is 5.69 Å². The highest BCUT2D eigenvalue weighted by Gasteiger charge is 2.10. The molecule has 1 aromatic carbocycles. The fourth-order valence-corrected chi connectivity index (χ4v) is 2.63. The second kappa shape index (κ2) is 6.64. The lowest BCUT2D eigenvalue weighted by Gasteiger charge is -2.20. The Hall–Kier alpha value is -2.30. The van der Waals surface area contributed by atoms with E-state index >= 15 is 0 Å². The number of benzene rings is 1. The predicted molar refractivity (Wildman–Crippen MR) is 86.8 cm³/mol. The molecular weight excluding hydrogens is 276 g/mol. The number of aryl methyl sites for hydroxylation is 2. The summed E-state index contributed by atoms with van der Waals surface area (Å²) in [5.41, 5.74) is 2.33. The molecule has 116 valence electrons. The molecule has 0 unspecified atom stereocenters. The summed E-state index contributed by atoms with van der Waals surface area (Å²) in [6.45, 7) is 5.47. The van der Waals surface area contributed by atoms with Crippen LogP contribution in [0.2, 0.25) is 0 Å². The summed E-state index contributed by atoms with van der Waals surface area (Å²) in [5.74, 6) is 1.76. The van der Waals surface area contributed by atoms with Gasteiger partial charge in [-0.05, 0) is 50.5 Å². The minimum absolute atomic E-state index is 0.258. The highest BCUT2D eigenvalue weighted by molar-refractivity contribution is 5.45. The molecule has 0 bridgehead atoms. The first kappa shape index (κ1) is 14.6. The number of aromatic nitrogens is 3. The van der Waals surface area contributed by atoms with Gasteiger partial charge in [0.15, 0.2) is 0 Å². The Bertz CT molecular complexity index is 662. The van der Waals surface area contributed by atoms with Gasteiger partial charge in [0.05, 0.1) is 19.4 Å². The van der Waals surface area contributed by atoms with Crippen molar-refractivity contribution in [1.29, 1.82) is 0 Å². The minimum Gasteiger partial charge on any atom is -0.497 e. The zero-order valence-electron chi connectivity index (χ0n) is 13.1. The number of hydrogen-bond acceptors (Lipinski definition) is 4. The molecule has 0 fully saturated rings. The molecule has 5 nitrogen and oxygen atoms in total. The molecule has 1 atom stereocenters. The zero-order chi connectivity index (χ0) is 15.4. The number of hydrogen-bond donors (Lipinski definition) is 1. The lowest BCUT2D eigenvalue weighted by molar-refractivity contribution is 0.135. The molecular formula is C17H22N4O. The highest BCUT2D eigenvalue weighted by atomic mass is 16.5. The molecule has 2 aromatic rings. The van der Waals surface area contributed by atoms with Gasteiger partial charge in [0.25, 0.3) is 0 Å². The van der Waals surface area contributed by atoms with Crippen LogP contribution in [0.25, 0.3) is 0 Å². The molecule has 1 N–H and O–H groups in total. The fraction of sp³-hybridized carbons (Fsp3) is 0.412. The third-order valence-corrected chi connectivity index (χ3v) is 3.78. The minimum atomic E-state index is 0.258. The van der Waals surface area contributed by atoms with Gasteiger partial charge < -0.3 is 10.1 Å². The molecule has 0 spiro atoms. The first-order valence-electron chi connectivity index (χ1n) is 7.72. The van der Waals surface area contributed by atoms with Crippen LogP contribution in [-0.2, 0) is 11.3 Å². The Morgan fingerprint density at radius 1 is 1.36 bits per heavy atom. The second-order valence-corrected chi connectivity index (χ2v) is 5.65. The molecule has 2 heterocycles. The van der Waals surface area contributed by atoms with E-state index in [4.69, 9.17) is 4.74 Å². The molecule has 1 aliphatic heterocycles. The van der Waals surface area contributed by atoms with Crippen molar-refractivity contribution in [3.05, 3.63) is 53.8 Å². The summed E-state index contributed by atoms with van der Waals surface area (Å²) < 4.78 is 7.51. The van der Waals surface area contributed by atoms with Crippen molar-refractivity contribution in [1.82, 2.24) is 14.8 Å². The van der Waals surface area contributed by atoms with Gasteiger partial charge in [0, 0.05) is 5.69 Å². The van der Waals surface area contributed by atoms with Gasteiger partial charge in [-0.2, -0.15) is 5.10 Å². The lowest BCUT2D eigenvalue weighted by atomic mass is 10.1. The summed E-state index contributed by atoms with van der Waals surface area (Å²) in [4.78, 5) is 4.34. The molecule has 0 radical (unpaired) electrons. The smallest absolute Gasteiger partial charge is 0.147 e. The van der Waals surface area contributed by atoms with Crippen molar-refractivity contribution < 1.29 is 4.74 Å². The van der Waals surface area contributed by atoms with Crippen molar-refractivity contribution in [2.75, 3.05) is 11.9 Å². The molecule has 0 saturated carbocycles. The first-order valence-corrected chi connectivity index (χ1v) is 7.72. The van der Waals surface area contributed by atoms with Crippen molar-refractivity contribution >= 4 is 5.69 Å². The summed E-state index contributed by atoms with van der Waals surface area (Å²) in [6, 6.07) is 8.43. The monoisotopic (exact) mass is 298 g/mol. The van der Waals surface area contributed by atoms with Crippen molar-refractivity contribution in [2.45, 2.75) is 39.3 Å². The number of ether oxygens (including phenoxy) is 1. The van der Waals surface area contributed by atoms with Gasteiger partial charge in [-0.15, -0.1) is 0 Å². The van der Waals surface area contributed by atoms with E-state index in [-0.39, 0.29) is 6.10 Å². The predicted octanol–water partition coefficient (Wildman–Crippen LogP) is 3.05. The topological polar surface area (TPSA) is 52.0 Å². The van der Waals surface area contributed by atoms with Crippen molar-refractivity contribution in [2.24, 2.45) is 0 Å². The van der Waals surface area contributed by atoms with Crippen LogP contribution in [-0.4, -0.2) is 27.4 Å². The molecule has 3 rings (SSSR count). The van der Waals surface area contributed by atoms with Gasteiger partial charge in [-0.3, -0.25) is 0 Å². The number of anilines is 1. The second-order valence-electron chi connectivity index (χ2n) is 5.65. The average molecular weight is 298 g/mol. The first-order chi connectivity index (χ1) is 10.7. The third-order valence-electron chi connectivity index (χ3n) is 3.78. The Labute approximate surface area is 131 Å². The normalized spacial score (nSPS) is 17.3. The summed E-state index contributed by atoms with van der Waals surface area (Å²) in [6.07, 6.45) is 6.30. The molecule has 0 saturated heterocycles. The maximum atomic E-state index is 5.58. The maximum absolute atomic E-state index is 5.58. The molecule has 5 heteroatoms. The summed E-state index contributed by atoms with van der Waals surface area (Å²) in [5, 5.41) is 7.87. The standard InChI is InChI=1S/C17H22N4O/c1-13-19-14(2)21(20-13)12-15-6-5-7-16(10-15)18-11-17-8-3-4-9-22-17/h4-7,9-10,17-18H,3,8,11-12H2,1-2H3/t17-/m0/s1. The van der Waals surface area contributed by atoms with Gasteiger partial charge in [0.2, 0.25) is 0 Å². The van der Waals surface area contributed by atoms with Crippen LogP contribution in [0.15, 0.2) is 36.6 Å². The van der Waals surface area contributed by atoms with Crippen LogP contribution >= 0.6 is 0 Å². The van der Waals surface area contributed by atoms with Gasteiger partial charge in [-0.25, -0.2) is 9.67 Å². The molecule has 0 aliphatic carbocycles. The van der Waals surface area contributed by atoms with Crippen LogP contribution in [0.5, 0.6) is 0 Å². The number of nitrogens with one attached hydrogen (secondary N) is 1. The quantitative estimate of drug-likeness (QED) is 0.922. The van der Waals surface area contributed by atoms with E-state index in [2.05, 4.69) is 45.7 Å². The number of rotatable bonds is 5. The summed E-state index contributed by atoms with van der Waals surface area (Å²) in [7, 11) is 0. The van der Waals surface area contributed by atoms with Crippen LogP contribution in [0.1, 0.15) is 30.1 Å². The largest absolute Gasteiger partial charge is 0.497 e. The van der Waals surface area contributed by atoms with E-state index in [0.29, 0.717) is 0 Å². The SMILES string of the molecule is Cc1nc(C)n(Cc2cccc(NC[C@@H]3CCC=CO3)c2)n1. The van der Waals surface area contributed by atoms with E-state index in [1.54, 1.807) is 0 Å². The van der Waals surface area contributed by atoms with Gasteiger partial charge in [-0.1, -0.05) is 12.1 Å². The van der Waals surface area contributed by atoms with Crippen LogP contribution < -0.4 is 5.32 Å². The van der Waals surface area contributed by atoms with E-state index in [1.165, 1.54) is 5.56 Å². The third kappa shape index (κ3) is 3.67. The van der Waals surface area contributed by atoms with Crippen molar-refractivity contribution in [3.8, 4) is 0 Å². The van der Waals surface area contributed by atoms with E-state index in [9.17, 15) is 0 Å². The fourth-order valence-electron chi connectivity index (χ4n) is 2.63. The van der Waals surface area contributed by atoms with Gasteiger partial charge >= 0.3 is 0 Å².